The van der Waals surface area contributed by atoms with E-state index in [4.69, 9.17) is 10.5 Å². The molecular formula is C19H22N2O3S. The van der Waals surface area contributed by atoms with Crippen LogP contribution in [0.1, 0.15) is 57.8 Å². The second kappa shape index (κ2) is 7.27. The molecule has 0 fully saturated rings. The Labute approximate surface area is 151 Å². The Hall–Kier alpha value is -2.34. The Morgan fingerprint density at radius 3 is 2.64 bits per heavy atom. The summed E-state index contributed by atoms with van der Waals surface area (Å²) in [6.45, 7) is 4.06. The van der Waals surface area contributed by atoms with E-state index in [9.17, 15) is 9.59 Å². The van der Waals surface area contributed by atoms with Crippen molar-refractivity contribution in [1.29, 1.82) is 0 Å². The molecule has 3 N–H and O–H groups in total. The lowest BCUT2D eigenvalue weighted by Gasteiger charge is -2.12. The predicted octanol–water partition coefficient (Wildman–Crippen LogP) is 3.77. The van der Waals surface area contributed by atoms with Crippen molar-refractivity contribution in [2.45, 2.75) is 45.6 Å². The molecule has 0 bridgehead atoms. The van der Waals surface area contributed by atoms with Crippen molar-refractivity contribution < 1.29 is 14.3 Å². The third-order valence-corrected chi connectivity index (χ3v) is 5.63. The van der Waals surface area contributed by atoms with Gasteiger partial charge in [0.1, 0.15) is 10.8 Å². The maximum atomic E-state index is 12.5. The smallest absolute Gasteiger partial charge is 0.256 e. The quantitative estimate of drug-likeness (QED) is 0.825. The van der Waals surface area contributed by atoms with Gasteiger partial charge in [-0.25, -0.2) is 0 Å². The van der Waals surface area contributed by atoms with E-state index in [0.29, 0.717) is 16.1 Å². The second-order valence-electron chi connectivity index (χ2n) is 6.24. The molecule has 3 rings (SSSR count). The van der Waals surface area contributed by atoms with E-state index in [1.807, 2.05) is 6.92 Å². The number of nitrogens with two attached hydrogens (primary N) is 1. The third-order valence-electron chi connectivity index (χ3n) is 4.42. The van der Waals surface area contributed by atoms with Gasteiger partial charge in [-0.3, -0.25) is 9.59 Å². The number of aryl methyl sites for hydroxylation is 1. The van der Waals surface area contributed by atoms with Crippen molar-refractivity contribution in [2.75, 3.05) is 5.32 Å². The number of amides is 2. The molecular weight excluding hydrogens is 336 g/mol. The van der Waals surface area contributed by atoms with Crippen LogP contribution in [-0.2, 0) is 12.8 Å². The molecule has 2 aromatic rings. The van der Waals surface area contributed by atoms with Gasteiger partial charge in [0.15, 0.2) is 0 Å². The minimum absolute atomic E-state index is 0.131. The number of nitrogens with one attached hydrogen (secondary N) is 1. The van der Waals surface area contributed by atoms with Gasteiger partial charge in [0.25, 0.3) is 11.8 Å². The summed E-state index contributed by atoms with van der Waals surface area (Å²) in [5, 5.41) is 3.40. The molecule has 0 spiro atoms. The van der Waals surface area contributed by atoms with E-state index >= 15 is 0 Å². The summed E-state index contributed by atoms with van der Waals surface area (Å²) in [5.74, 6) is 0.00309. The van der Waals surface area contributed by atoms with Crippen LogP contribution in [0.4, 0.5) is 5.00 Å². The summed E-state index contributed by atoms with van der Waals surface area (Å²) in [7, 11) is 0. The van der Waals surface area contributed by atoms with Crippen molar-refractivity contribution >= 4 is 28.2 Å². The molecule has 1 aromatic heterocycles. The number of primary amides is 1. The fourth-order valence-corrected chi connectivity index (χ4v) is 4.22. The van der Waals surface area contributed by atoms with Gasteiger partial charge in [-0.05, 0) is 62.4 Å². The van der Waals surface area contributed by atoms with Crippen LogP contribution >= 0.6 is 11.3 Å². The zero-order valence-electron chi connectivity index (χ0n) is 14.4. The molecule has 5 nitrogen and oxygen atoms in total. The van der Waals surface area contributed by atoms with Crippen LogP contribution in [0.5, 0.6) is 5.75 Å². The summed E-state index contributed by atoms with van der Waals surface area (Å²) in [6.07, 6.45) is 3.87. The highest BCUT2D eigenvalue weighted by molar-refractivity contribution is 7.17. The van der Waals surface area contributed by atoms with Gasteiger partial charge in [-0.2, -0.15) is 0 Å². The van der Waals surface area contributed by atoms with Crippen LogP contribution in [0.3, 0.4) is 0 Å². The second-order valence-corrected chi connectivity index (χ2v) is 7.35. The van der Waals surface area contributed by atoms with E-state index in [1.54, 1.807) is 24.3 Å². The molecule has 1 aliphatic carbocycles. The zero-order valence-corrected chi connectivity index (χ0v) is 15.2. The molecule has 0 unspecified atom stereocenters. The van der Waals surface area contributed by atoms with Crippen LogP contribution in [0.15, 0.2) is 24.3 Å². The lowest BCUT2D eigenvalue weighted by molar-refractivity contribution is 0.100. The number of benzene rings is 1. The molecule has 25 heavy (non-hydrogen) atoms. The van der Waals surface area contributed by atoms with Gasteiger partial charge in [0.05, 0.1) is 11.7 Å². The predicted molar refractivity (Wildman–Crippen MR) is 99.6 cm³/mol. The minimum Gasteiger partial charge on any atom is -0.491 e. The first kappa shape index (κ1) is 17.5. The first-order valence-electron chi connectivity index (χ1n) is 8.52. The number of carbonyl (C=O) groups is 2. The van der Waals surface area contributed by atoms with Crippen LogP contribution in [0, 0.1) is 0 Å². The van der Waals surface area contributed by atoms with E-state index in [2.05, 4.69) is 12.2 Å². The highest BCUT2D eigenvalue weighted by atomic mass is 32.1. The third kappa shape index (κ3) is 3.69. The Kier molecular flexibility index (Phi) is 5.08. The van der Waals surface area contributed by atoms with Gasteiger partial charge < -0.3 is 15.8 Å². The Balaban J connectivity index is 1.76. The first-order valence-corrected chi connectivity index (χ1v) is 9.33. The first-order chi connectivity index (χ1) is 12.0. The summed E-state index contributed by atoms with van der Waals surface area (Å²) in [6, 6.07) is 7.01. The molecule has 132 valence electrons. The average molecular weight is 358 g/mol. The summed E-state index contributed by atoms with van der Waals surface area (Å²) < 4.78 is 5.72. The monoisotopic (exact) mass is 358 g/mol. The molecule has 0 saturated carbocycles. The van der Waals surface area contributed by atoms with Gasteiger partial charge in [0, 0.05) is 10.4 Å². The lowest BCUT2D eigenvalue weighted by Crippen LogP contribution is -2.18. The van der Waals surface area contributed by atoms with E-state index in [-0.39, 0.29) is 12.0 Å². The number of anilines is 1. The number of ether oxygens (including phenoxy) is 1. The molecule has 6 heteroatoms. The Morgan fingerprint density at radius 1 is 1.28 bits per heavy atom. The summed E-state index contributed by atoms with van der Waals surface area (Å²) >= 11 is 1.46. The van der Waals surface area contributed by atoms with Crippen molar-refractivity contribution in [3.8, 4) is 5.75 Å². The molecule has 1 aliphatic rings. The van der Waals surface area contributed by atoms with Crippen LogP contribution in [0.2, 0.25) is 0 Å². The highest BCUT2D eigenvalue weighted by Crippen LogP contribution is 2.39. The molecule has 0 saturated heterocycles. The average Bonchev–Trinajstić information content (AvgIpc) is 3.15. The number of carbonyl (C=O) groups excluding carboxylic acids is 2. The standard InChI is InChI=1S/C19H22N2O3S/c1-3-11(2)24-13-9-7-12(8-10-13)18(23)21-19-16(17(20)22)14-5-4-6-15(14)25-19/h7-11H,3-6H2,1-2H3,(H2,20,22)(H,21,23)/t11-/m1/s1. The number of thiophene rings is 1. The number of fused-ring (bicyclic) bond motifs is 1. The topological polar surface area (TPSA) is 81.4 Å². The van der Waals surface area contributed by atoms with Crippen molar-refractivity contribution in [3.63, 3.8) is 0 Å². The molecule has 0 radical (unpaired) electrons. The van der Waals surface area contributed by atoms with E-state index < -0.39 is 5.91 Å². The van der Waals surface area contributed by atoms with Gasteiger partial charge in [-0.15, -0.1) is 11.3 Å². The molecule has 0 aliphatic heterocycles. The maximum Gasteiger partial charge on any atom is 0.256 e. The van der Waals surface area contributed by atoms with Crippen molar-refractivity contribution in [2.24, 2.45) is 5.73 Å². The van der Waals surface area contributed by atoms with Gasteiger partial charge in [-0.1, -0.05) is 6.92 Å². The lowest BCUT2D eigenvalue weighted by atomic mass is 10.1. The van der Waals surface area contributed by atoms with Crippen LogP contribution < -0.4 is 15.8 Å². The van der Waals surface area contributed by atoms with Crippen molar-refractivity contribution in [3.05, 3.63) is 45.8 Å². The van der Waals surface area contributed by atoms with E-state index in [0.717, 1.165) is 41.9 Å². The number of hydrogen-bond donors (Lipinski definition) is 2. The van der Waals surface area contributed by atoms with Gasteiger partial charge in [0.2, 0.25) is 0 Å². The number of rotatable bonds is 6. The highest BCUT2D eigenvalue weighted by Gasteiger charge is 2.26. The summed E-state index contributed by atoms with van der Waals surface area (Å²) in [5.41, 5.74) is 7.52. The van der Waals surface area contributed by atoms with E-state index in [1.165, 1.54) is 11.3 Å². The fraction of sp³-hybridized carbons (Fsp3) is 0.368. The molecule has 2 amide bonds. The zero-order chi connectivity index (χ0) is 18.0. The van der Waals surface area contributed by atoms with Crippen LogP contribution in [-0.4, -0.2) is 17.9 Å². The maximum absolute atomic E-state index is 12.5. The number of hydrogen-bond acceptors (Lipinski definition) is 4. The summed E-state index contributed by atoms with van der Waals surface area (Å²) in [4.78, 5) is 25.5. The fourth-order valence-electron chi connectivity index (χ4n) is 2.93. The molecule has 1 atom stereocenters. The normalized spacial score (nSPS) is 14.0. The van der Waals surface area contributed by atoms with Gasteiger partial charge >= 0.3 is 0 Å². The van der Waals surface area contributed by atoms with Crippen molar-refractivity contribution in [1.82, 2.24) is 0 Å². The SMILES string of the molecule is CC[C@@H](C)Oc1ccc(C(=O)Nc2sc3c(c2C(N)=O)CCC3)cc1. The largest absolute Gasteiger partial charge is 0.491 e. The minimum atomic E-state index is -0.480. The Morgan fingerprint density at radius 2 is 2.00 bits per heavy atom. The van der Waals surface area contributed by atoms with Crippen LogP contribution in [0.25, 0.3) is 0 Å². The molecule has 1 heterocycles. The Bertz CT molecular complexity index is 796. The molecule has 1 aromatic carbocycles.